The third-order valence-corrected chi connectivity index (χ3v) is 7.08. The molecule has 1 saturated carbocycles. The first-order valence-corrected chi connectivity index (χ1v) is 11.1. The summed E-state index contributed by atoms with van der Waals surface area (Å²) in [5.41, 5.74) is 5.29. The number of unbranched alkanes of at least 4 members (excludes halogenated alkanes) is 1. The number of nitrogens with one attached hydrogen (secondary N) is 1. The van der Waals surface area contributed by atoms with E-state index in [1.807, 2.05) is 0 Å². The highest BCUT2D eigenvalue weighted by molar-refractivity contribution is 5.80. The summed E-state index contributed by atoms with van der Waals surface area (Å²) in [6.45, 7) is 13.4. The molecule has 2 fully saturated rings. The predicted octanol–water partition coefficient (Wildman–Crippen LogP) is 5.58. The van der Waals surface area contributed by atoms with Gasteiger partial charge in [0.25, 0.3) is 0 Å². The Morgan fingerprint density at radius 3 is 2.75 bits per heavy atom. The second kappa shape index (κ2) is 7.02. The zero-order valence-electron chi connectivity index (χ0n) is 18.3. The van der Waals surface area contributed by atoms with Crippen molar-refractivity contribution in [2.24, 2.45) is 10.8 Å². The molecule has 1 aromatic heterocycles. The Hall–Kier alpha value is -1.61. The minimum atomic E-state index is 0.232. The number of fused-ring (bicyclic) bond motifs is 3. The average Bonchev–Trinajstić information content (AvgIpc) is 2.85. The molecule has 3 heteroatoms. The molecule has 2 bridgehead atoms. The van der Waals surface area contributed by atoms with E-state index in [-0.39, 0.29) is 5.43 Å². The fourth-order valence-corrected chi connectivity index (χ4v) is 6.19. The normalized spacial score (nSPS) is 26.8. The molecule has 1 aromatic carbocycles. The number of aromatic amines is 1. The van der Waals surface area contributed by atoms with Gasteiger partial charge in [-0.3, -0.25) is 9.69 Å². The lowest BCUT2D eigenvalue weighted by Gasteiger charge is -2.40. The molecule has 2 aliphatic rings. The molecule has 4 rings (SSSR count). The summed E-state index contributed by atoms with van der Waals surface area (Å²) < 4.78 is 0. The van der Waals surface area contributed by atoms with Gasteiger partial charge in [0, 0.05) is 41.3 Å². The average molecular weight is 381 g/mol. The molecule has 1 aliphatic carbocycles. The van der Waals surface area contributed by atoms with Gasteiger partial charge in [-0.25, -0.2) is 0 Å². The van der Waals surface area contributed by atoms with Gasteiger partial charge in [0.2, 0.25) is 0 Å². The van der Waals surface area contributed by atoms with Crippen LogP contribution in [-0.2, 0) is 13.0 Å². The van der Waals surface area contributed by atoms with Crippen LogP contribution in [0.25, 0.3) is 10.9 Å². The van der Waals surface area contributed by atoms with Crippen LogP contribution in [0.15, 0.2) is 23.0 Å². The van der Waals surface area contributed by atoms with Crippen molar-refractivity contribution < 1.29 is 0 Å². The predicted molar refractivity (Wildman–Crippen MR) is 118 cm³/mol. The second-order valence-electron chi connectivity index (χ2n) is 10.7. The Kier molecular flexibility index (Phi) is 4.94. The van der Waals surface area contributed by atoms with Gasteiger partial charge in [-0.1, -0.05) is 40.2 Å². The highest BCUT2D eigenvalue weighted by atomic mass is 16.1. The van der Waals surface area contributed by atoms with Crippen LogP contribution in [-0.4, -0.2) is 22.5 Å². The Morgan fingerprint density at radius 2 is 2.00 bits per heavy atom. The van der Waals surface area contributed by atoms with Crippen LogP contribution in [0.1, 0.15) is 76.6 Å². The minimum Gasteiger partial charge on any atom is -0.358 e. The number of hydrogen-bond donors (Lipinski definition) is 1. The first kappa shape index (κ1) is 19.7. The lowest BCUT2D eigenvalue weighted by atomic mass is 9.65. The highest BCUT2D eigenvalue weighted by Gasteiger charge is 2.49. The fourth-order valence-electron chi connectivity index (χ4n) is 6.19. The summed E-state index contributed by atoms with van der Waals surface area (Å²) in [4.78, 5) is 19.5. The number of benzene rings is 1. The number of likely N-dealkylation sites (tertiary alicyclic amines) is 1. The molecular formula is C25H36N2O. The van der Waals surface area contributed by atoms with Gasteiger partial charge in [-0.2, -0.15) is 0 Å². The van der Waals surface area contributed by atoms with Crippen LogP contribution in [0.3, 0.4) is 0 Å². The second-order valence-corrected chi connectivity index (χ2v) is 10.7. The number of H-pyrrole nitrogens is 1. The zero-order chi connectivity index (χ0) is 20.1. The number of nitrogens with zero attached hydrogens (tertiary/aromatic N) is 1. The maximum Gasteiger partial charge on any atom is 0.194 e. The molecule has 3 nitrogen and oxygen atoms in total. The lowest BCUT2D eigenvalue weighted by Crippen LogP contribution is -2.35. The number of aromatic nitrogens is 1. The third kappa shape index (κ3) is 3.66. The number of rotatable bonds is 5. The van der Waals surface area contributed by atoms with Crippen LogP contribution >= 0.6 is 0 Å². The SMILES string of the molecule is CCCCc1ccc2[nH]c(C)c(CN3C[C@@]4(C)C[C@H]3CC(C)(C)C4)c(=O)c2c1. The van der Waals surface area contributed by atoms with E-state index in [2.05, 4.69) is 62.7 Å². The van der Waals surface area contributed by atoms with Gasteiger partial charge in [0.1, 0.15) is 0 Å². The van der Waals surface area contributed by atoms with E-state index in [9.17, 15) is 4.79 Å². The van der Waals surface area contributed by atoms with Crippen LogP contribution in [0.5, 0.6) is 0 Å². The van der Waals surface area contributed by atoms with Crippen LogP contribution in [0, 0.1) is 17.8 Å². The molecule has 0 spiro atoms. The standard InChI is InChI=1S/C25H36N2O/c1-6-7-8-18-9-10-22-20(11-18)23(28)21(17(2)26-22)14-27-16-25(5)13-19(27)12-24(3,4)15-25/h9-11,19H,6-8,12-16H2,1-5H3,(H,26,28)/t19-,25+/m1/s1. The van der Waals surface area contributed by atoms with E-state index in [4.69, 9.17) is 0 Å². The molecule has 152 valence electrons. The molecule has 28 heavy (non-hydrogen) atoms. The lowest BCUT2D eigenvalue weighted by molar-refractivity contribution is 0.126. The van der Waals surface area contributed by atoms with Gasteiger partial charge >= 0.3 is 0 Å². The molecule has 1 saturated heterocycles. The summed E-state index contributed by atoms with van der Waals surface area (Å²) in [7, 11) is 0. The van der Waals surface area contributed by atoms with E-state index in [0.29, 0.717) is 16.9 Å². The first-order valence-electron chi connectivity index (χ1n) is 11.1. The van der Waals surface area contributed by atoms with Crippen LogP contribution in [0.2, 0.25) is 0 Å². The monoisotopic (exact) mass is 380 g/mol. The summed E-state index contributed by atoms with van der Waals surface area (Å²) in [5.74, 6) is 0. The number of pyridine rings is 1. The van der Waals surface area contributed by atoms with Crippen molar-refractivity contribution in [3.05, 3.63) is 45.2 Å². The smallest absolute Gasteiger partial charge is 0.194 e. The van der Waals surface area contributed by atoms with E-state index >= 15 is 0 Å². The third-order valence-electron chi connectivity index (χ3n) is 7.08. The maximum absolute atomic E-state index is 13.4. The summed E-state index contributed by atoms with van der Waals surface area (Å²) in [6.07, 6.45) is 7.22. The summed E-state index contributed by atoms with van der Waals surface area (Å²) >= 11 is 0. The van der Waals surface area contributed by atoms with Crippen LogP contribution < -0.4 is 5.43 Å². The largest absolute Gasteiger partial charge is 0.358 e. The van der Waals surface area contributed by atoms with Gasteiger partial charge in [0.15, 0.2) is 5.43 Å². The Labute approximate surface area is 169 Å². The van der Waals surface area contributed by atoms with E-state index in [1.54, 1.807) is 0 Å². The van der Waals surface area contributed by atoms with Crippen LogP contribution in [0.4, 0.5) is 0 Å². The molecular weight excluding hydrogens is 344 g/mol. The fraction of sp³-hybridized carbons (Fsp3) is 0.640. The van der Waals surface area contributed by atoms with Gasteiger partial charge in [-0.15, -0.1) is 0 Å². The summed E-state index contributed by atoms with van der Waals surface area (Å²) in [6, 6.07) is 6.99. The Balaban J connectivity index is 1.66. The zero-order valence-corrected chi connectivity index (χ0v) is 18.3. The molecule has 2 heterocycles. The van der Waals surface area contributed by atoms with Crippen molar-refractivity contribution in [3.63, 3.8) is 0 Å². The number of aryl methyl sites for hydroxylation is 2. The molecule has 0 radical (unpaired) electrons. The topological polar surface area (TPSA) is 36.1 Å². The van der Waals surface area contributed by atoms with Gasteiger partial charge in [-0.05, 0) is 67.6 Å². The first-order chi connectivity index (χ1) is 13.2. The minimum absolute atomic E-state index is 0.232. The van der Waals surface area contributed by atoms with Crippen molar-refractivity contribution in [1.29, 1.82) is 0 Å². The van der Waals surface area contributed by atoms with E-state index in [0.717, 1.165) is 41.7 Å². The van der Waals surface area contributed by atoms with Crippen molar-refractivity contribution in [2.45, 2.75) is 85.7 Å². The van der Waals surface area contributed by atoms with Crippen molar-refractivity contribution in [2.75, 3.05) is 6.54 Å². The van der Waals surface area contributed by atoms with Gasteiger partial charge < -0.3 is 4.98 Å². The molecule has 0 unspecified atom stereocenters. The number of hydrogen-bond acceptors (Lipinski definition) is 2. The van der Waals surface area contributed by atoms with Crippen molar-refractivity contribution >= 4 is 10.9 Å². The molecule has 1 N–H and O–H groups in total. The maximum atomic E-state index is 13.4. The van der Waals surface area contributed by atoms with E-state index < -0.39 is 0 Å². The van der Waals surface area contributed by atoms with E-state index in [1.165, 1.54) is 37.7 Å². The molecule has 1 aliphatic heterocycles. The van der Waals surface area contributed by atoms with Crippen molar-refractivity contribution in [1.82, 2.24) is 9.88 Å². The van der Waals surface area contributed by atoms with Gasteiger partial charge in [0.05, 0.1) is 0 Å². The Bertz CT molecular complexity index is 941. The molecule has 0 amide bonds. The highest BCUT2D eigenvalue weighted by Crippen LogP contribution is 2.52. The summed E-state index contributed by atoms with van der Waals surface area (Å²) in [5, 5.41) is 0.864. The quantitative estimate of drug-likeness (QED) is 0.735. The molecule has 2 atom stereocenters. The molecule has 2 aromatic rings. The Morgan fingerprint density at radius 1 is 1.21 bits per heavy atom. The van der Waals surface area contributed by atoms with Crippen molar-refractivity contribution in [3.8, 4) is 0 Å².